The van der Waals surface area contributed by atoms with Crippen LogP contribution in [-0.2, 0) is 0 Å². The van der Waals surface area contributed by atoms with Crippen molar-refractivity contribution in [3.05, 3.63) is 59.1 Å². The molecule has 0 aliphatic carbocycles. The van der Waals surface area contributed by atoms with Crippen LogP contribution in [0.25, 0.3) is 21.5 Å². The second-order valence-electron chi connectivity index (χ2n) is 9.16. The van der Waals surface area contributed by atoms with E-state index in [4.69, 9.17) is 14.7 Å². The number of H-pyrrole nitrogens is 2. The molecule has 36 heavy (non-hydrogen) atoms. The molecular formula is C26H28N8OS. The zero-order valence-corrected chi connectivity index (χ0v) is 21.3. The molecule has 1 aromatic carbocycles. The lowest BCUT2D eigenvalue weighted by molar-refractivity contribution is 0.311. The van der Waals surface area contributed by atoms with Gasteiger partial charge < -0.3 is 24.8 Å². The molecule has 184 valence electrons. The van der Waals surface area contributed by atoms with Gasteiger partial charge in [-0.25, -0.2) is 0 Å². The van der Waals surface area contributed by atoms with E-state index in [1.54, 1.807) is 11.3 Å². The number of likely N-dealkylation sites (N-methyl/N-ethyl adjacent to an activating group) is 1. The number of fused-ring (bicyclic) bond motifs is 1. The maximum Gasteiger partial charge on any atom is 0.325 e. The van der Waals surface area contributed by atoms with Crippen molar-refractivity contribution in [3.8, 4) is 22.3 Å². The monoisotopic (exact) mass is 500 g/mol. The fraction of sp³-hybridized carbons (Fsp3) is 0.269. The minimum Gasteiger partial charge on any atom is -0.424 e. The lowest BCUT2D eigenvalue weighted by Gasteiger charge is -2.33. The lowest BCUT2D eigenvalue weighted by Crippen LogP contribution is -2.44. The van der Waals surface area contributed by atoms with Crippen LogP contribution in [0.15, 0.2) is 47.8 Å². The Hall–Kier alpha value is -3.89. The van der Waals surface area contributed by atoms with Crippen molar-refractivity contribution in [3.63, 3.8) is 0 Å². The average molecular weight is 501 g/mol. The Balaban J connectivity index is 1.33. The van der Waals surface area contributed by atoms with Crippen LogP contribution in [0.3, 0.4) is 0 Å². The van der Waals surface area contributed by atoms with E-state index >= 15 is 0 Å². The molecule has 0 radical (unpaired) electrons. The van der Waals surface area contributed by atoms with Gasteiger partial charge >= 0.3 is 6.01 Å². The molecule has 0 amide bonds. The topological polar surface area (TPSA) is 98.0 Å². The lowest BCUT2D eigenvalue weighted by atomic mass is 10.1. The molecule has 0 unspecified atom stereocenters. The highest BCUT2D eigenvalue weighted by atomic mass is 32.1. The average Bonchev–Trinajstić information content (AvgIpc) is 3.62. The van der Waals surface area contributed by atoms with Gasteiger partial charge in [-0.2, -0.15) is 15.1 Å². The van der Waals surface area contributed by atoms with Crippen LogP contribution in [0.2, 0.25) is 0 Å². The predicted molar refractivity (Wildman–Crippen MR) is 145 cm³/mol. The smallest absolute Gasteiger partial charge is 0.325 e. The third-order valence-electron chi connectivity index (χ3n) is 6.50. The van der Waals surface area contributed by atoms with Crippen LogP contribution in [0.5, 0.6) is 11.8 Å². The van der Waals surface area contributed by atoms with Gasteiger partial charge in [0.25, 0.3) is 0 Å². The summed E-state index contributed by atoms with van der Waals surface area (Å²) in [5.74, 6) is 2.89. The van der Waals surface area contributed by atoms with Crippen LogP contribution in [0, 0.1) is 13.8 Å². The summed E-state index contributed by atoms with van der Waals surface area (Å²) >= 11 is 1.67. The Morgan fingerprint density at radius 2 is 1.86 bits per heavy atom. The molecule has 0 bridgehead atoms. The van der Waals surface area contributed by atoms with E-state index in [0.29, 0.717) is 17.6 Å². The van der Waals surface area contributed by atoms with Crippen molar-refractivity contribution in [2.75, 3.05) is 43.4 Å². The number of aromatic amines is 2. The van der Waals surface area contributed by atoms with Gasteiger partial charge in [-0.15, -0.1) is 11.3 Å². The van der Waals surface area contributed by atoms with Gasteiger partial charge in [0, 0.05) is 60.5 Å². The van der Waals surface area contributed by atoms with E-state index in [2.05, 4.69) is 63.3 Å². The molecule has 10 heteroatoms. The van der Waals surface area contributed by atoms with Gasteiger partial charge in [0.2, 0.25) is 0 Å². The van der Waals surface area contributed by atoms with E-state index in [-0.39, 0.29) is 0 Å². The fourth-order valence-electron chi connectivity index (χ4n) is 4.47. The highest BCUT2D eigenvalue weighted by molar-refractivity contribution is 7.13. The summed E-state index contributed by atoms with van der Waals surface area (Å²) in [5, 5.41) is 14.0. The van der Waals surface area contributed by atoms with Crippen LogP contribution >= 0.6 is 11.3 Å². The van der Waals surface area contributed by atoms with Crippen molar-refractivity contribution < 1.29 is 4.74 Å². The predicted octanol–water partition coefficient (Wildman–Crippen LogP) is 5.31. The third-order valence-corrected chi connectivity index (χ3v) is 7.40. The number of ether oxygens (including phenoxy) is 1. The van der Waals surface area contributed by atoms with Crippen molar-refractivity contribution in [1.29, 1.82) is 0 Å². The van der Waals surface area contributed by atoms with Gasteiger partial charge in [-0.3, -0.25) is 5.10 Å². The summed E-state index contributed by atoms with van der Waals surface area (Å²) in [6.45, 7) is 7.86. The first-order valence-corrected chi connectivity index (χ1v) is 12.9. The third kappa shape index (κ3) is 4.52. The van der Waals surface area contributed by atoms with Gasteiger partial charge in [0.05, 0.1) is 10.6 Å². The summed E-state index contributed by atoms with van der Waals surface area (Å²) in [6, 6.07) is 14.5. The molecule has 1 fully saturated rings. The largest absolute Gasteiger partial charge is 0.424 e. The summed E-state index contributed by atoms with van der Waals surface area (Å²) < 4.78 is 6.28. The number of hydrogen-bond donors (Lipinski definition) is 3. The van der Waals surface area contributed by atoms with Crippen molar-refractivity contribution in [2.45, 2.75) is 13.8 Å². The summed E-state index contributed by atoms with van der Waals surface area (Å²) in [4.78, 5) is 18.6. The van der Waals surface area contributed by atoms with E-state index < -0.39 is 0 Å². The molecule has 5 aromatic rings. The summed E-state index contributed by atoms with van der Waals surface area (Å²) in [5.41, 5.74) is 4.22. The Bertz CT molecular complexity index is 1500. The molecular weight excluding hydrogens is 472 g/mol. The number of hydrogen-bond acceptors (Lipinski definition) is 8. The fourth-order valence-corrected chi connectivity index (χ4v) is 5.16. The Morgan fingerprint density at radius 3 is 2.67 bits per heavy atom. The Kier molecular flexibility index (Phi) is 5.82. The van der Waals surface area contributed by atoms with Crippen LogP contribution < -0.4 is 15.0 Å². The number of aryl methyl sites for hydroxylation is 2. The number of nitrogens with zero attached hydrogens (tertiary/aromatic N) is 5. The quantitative estimate of drug-likeness (QED) is 0.290. The van der Waals surface area contributed by atoms with E-state index in [9.17, 15) is 0 Å². The minimum atomic E-state index is 0.303. The number of aromatic nitrogens is 5. The highest BCUT2D eigenvalue weighted by Crippen LogP contribution is 2.32. The molecule has 3 N–H and O–H groups in total. The van der Waals surface area contributed by atoms with E-state index in [1.165, 1.54) is 0 Å². The zero-order chi connectivity index (χ0) is 24.6. The molecule has 1 aliphatic rings. The molecule has 1 aliphatic heterocycles. The number of benzene rings is 1. The number of nitrogens with one attached hydrogen (secondary N) is 3. The van der Waals surface area contributed by atoms with Crippen LogP contribution in [-0.4, -0.2) is 63.3 Å². The normalized spacial score (nSPS) is 14.5. The minimum absolute atomic E-state index is 0.303. The number of rotatable bonds is 6. The van der Waals surface area contributed by atoms with Crippen LogP contribution in [0.4, 0.5) is 17.5 Å². The van der Waals surface area contributed by atoms with Gasteiger partial charge in [0.1, 0.15) is 17.4 Å². The van der Waals surface area contributed by atoms with Crippen LogP contribution in [0.1, 0.15) is 11.3 Å². The maximum atomic E-state index is 6.28. The molecule has 0 saturated carbocycles. The SMILES string of the molecule is Cc1cc2c(C)c(Oc3nc(Nc4cc(-c5cccs5)[nH]n4)cc(N4CCN(C)CC4)n3)ccc2[nH]1. The van der Waals surface area contributed by atoms with Crippen molar-refractivity contribution in [1.82, 2.24) is 30.0 Å². The zero-order valence-electron chi connectivity index (χ0n) is 20.5. The molecule has 5 heterocycles. The van der Waals surface area contributed by atoms with E-state index in [1.807, 2.05) is 35.7 Å². The first kappa shape index (κ1) is 22.6. The van der Waals surface area contributed by atoms with Gasteiger partial charge in [-0.1, -0.05) is 6.07 Å². The molecule has 6 rings (SSSR count). The van der Waals surface area contributed by atoms with E-state index in [0.717, 1.165) is 70.5 Å². The van der Waals surface area contributed by atoms with Gasteiger partial charge in [0.15, 0.2) is 5.82 Å². The van der Waals surface area contributed by atoms with Gasteiger partial charge in [-0.05, 0) is 50.5 Å². The molecule has 0 spiro atoms. The van der Waals surface area contributed by atoms with Crippen molar-refractivity contribution >= 4 is 39.7 Å². The highest BCUT2D eigenvalue weighted by Gasteiger charge is 2.19. The summed E-state index contributed by atoms with van der Waals surface area (Å²) in [7, 11) is 2.14. The van der Waals surface area contributed by atoms with Crippen molar-refractivity contribution in [2.24, 2.45) is 0 Å². The second-order valence-corrected chi connectivity index (χ2v) is 10.1. The molecule has 9 nitrogen and oxygen atoms in total. The number of piperazine rings is 1. The number of anilines is 3. The Morgan fingerprint density at radius 1 is 1.00 bits per heavy atom. The molecule has 0 atom stereocenters. The first-order valence-electron chi connectivity index (χ1n) is 12.0. The second kappa shape index (κ2) is 9.29. The maximum absolute atomic E-state index is 6.28. The first-order chi connectivity index (χ1) is 17.5. The number of thiophene rings is 1. The Labute approximate surface area is 213 Å². The standard InChI is InChI=1S/C26H28N8OS/c1-16-13-18-17(2)21(7-6-19(18)27-16)35-26-29-23(15-25(30-26)34-10-8-33(3)9-11-34)28-24-14-20(31-32-24)22-5-4-12-36-22/h4-7,12-15,27H,8-11H2,1-3H3,(H2,28,29,30,31,32). The molecule has 1 saturated heterocycles. The summed E-state index contributed by atoms with van der Waals surface area (Å²) in [6.07, 6.45) is 0. The molecule has 4 aromatic heterocycles.